The molecule has 128 valence electrons. The summed E-state index contributed by atoms with van der Waals surface area (Å²) in [7, 11) is -3.62. The van der Waals surface area contributed by atoms with Crippen LogP contribution >= 0.6 is 11.6 Å². The van der Waals surface area contributed by atoms with Gasteiger partial charge in [-0.2, -0.15) is 4.31 Å². The number of sulfonamides is 1. The molecule has 0 unspecified atom stereocenters. The van der Waals surface area contributed by atoms with Crippen molar-refractivity contribution in [1.29, 1.82) is 0 Å². The van der Waals surface area contributed by atoms with E-state index in [4.69, 9.17) is 21.1 Å². The van der Waals surface area contributed by atoms with Gasteiger partial charge in [0.2, 0.25) is 10.0 Å². The van der Waals surface area contributed by atoms with Crippen molar-refractivity contribution in [2.24, 2.45) is 0 Å². The number of piperidine rings is 1. The van der Waals surface area contributed by atoms with E-state index in [-0.39, 0.29) is 4.90 Å². The molecule has 0 aromatic heterocycles. The predicted octanol–water partition coefficient (Wildman–Crippen LogP) is 3.02. The number of hydrogen-bond donors (Lipinski definition) is 0. The molecule has 0 N–H and O–H groups in total. The summed E-state index contributed by atoms with van der Waals surface area (Å²) in [5, 5.41) is 1.84. The van der Waals surface area contributed by atoms with E-state index in [2.05, 4.69) is 0 Å². The molecule has 2 aromatic rings. The van der Waals surface area contributed by atoms with Gasteiger partial charge in [-0.15, -0.1) is 0 Å². The summed E-state index contributed by atoms with van der Waals surface area (Å²) >= 11 is 6.28. The van der Waals surface area contributed by atoms with Gasteiger partial charge in [0.25, 0.3) is 0 Å². The average molecular weight is 368 g/mol. The summed E-state index contributed by atoms with van der Waals surface area (Å²) in [6.45, 7) is 1.91. The van der Waals surface area contributed by atoms with Crippen molar-refractivity contribution in [2.75, 3.05) is 26.3 Å². The molecule has 0 aliphatic carbocycles. The van der Waals surface area contributed by atoms with E-state index in [1.807, 2.05) is 18.2 Å². The Morgan fingerprint density at radius 3 is 2.29 bits per heavy atom. The highest BCUT2D eigenvalue weighted by Crippen LogP contribution is 2.36. The maximum Gasteiger partial charge on any atom is 0.243 e. The second-order valence-electron chi connectivity index (χ2n) is 6.11. The molecule has 2 aliphatic heterocycles. The zero-order valence-corrected chi connectivity index (χ0v) is 14.6. The molecule has 2 aromatic carbocycles. The van der Waals surface area contributed by atoms with Crippen LogP contribution in [0.4, 0.5) is 0 Å². The van der Waals surface area contributed by atoms with Crippen LogP contribution in [0.25, 0.3) is 10.8 Å². The first-order valence-corrected chi connectivity index (χ1v) is 9.79. The first-order chi connectivity index (χ1) is 11.5. The molecule has 4 rings (SSSR count). The second kappa shape index (κ2) is 5.97. The van der Waals surface area contributed by atoms with Crippen molar-refractivity contribution in [3.05, 3.63) is 41.4 Å². The summed E-state index contributed by atoms with van der Waals surface area (Å²) in [6.07, 6.45) is 1.09. The van der Waals surface area contributed by atoms with Crippen LogP contribution in [0.15, 0.2) is 41.3 Å². The zero-order chi connectivity index (χ0) is 16.8. The lowest BCUT2D eigenvalue weighted by atomic mass is 10.1. The standard InChI is InChI=1S/C17H18ClNO4S/c18-14-5-1-3-13-4-2-6-15(16(13)14)24(20,21)19-9-7-17(8-10-19)22-11-12-23-17/h1-6H,7-12H2. The number of benzene rings is 2. The zero-order valence-electron chi connectivity index (χ0n) is 13.1. The molecule has 0 radical (unpaired) electrons. The van der Waals surface area contributed by atoms with Crippen molar-refractivity contribution >= 4 is 32.4 Å². The van der Waals surface area contributed by atoms with Crippen LogP contribution in [0.2, 0.25) is 5.02 Å². The van der Waals surface area contributed by atoms with Crippen molar-refractivity contribution in [3.8, 4) is 0 Å². The number of ether oxygens (including phenoxy) is 2. The fourth-order valence-corrected chi connectivity index (χ4v) is 5.49. The molecular weight excluding hydrogens is 350 g/mol. The maximum absolute atomic E-state index is 13.1. The summed E-state index contributed by atoms with van der Waals surface area (Å²) in [6, 6.07) is 10.6. The molecule has 24 heavy (non-hydrogen) atoms. The van der Waals surface area contributed by atoms with Gasteiger partial charge in [-0.25, -0.2) is 8.42 Å². The van der Waals surface area contributed by atoms with Gasteiger partial charge in [0.05, 0.1) is 18.1 Å². The van der Waals surface area contributed by atoms with Gasteiger partial charge in [0, 0.05) is 36.3 Å². The normalized spacial score (nSPS) is 21.5. The van der Waals surface area contributed by atoms with E-state index in [0.29, 0.717) is 49.6 Å². The molecular formula is C17H18ClNO4S. The van der Waals surface area contributed by atoms with E-state index in [1.54, 1.807) is 18.2 Å². The lowest BCUT2D eigenvalue weighted by molar-refractivity contribution is -0.179. The Bertz CT molecular complexity index is 862. The predicted molar refractivity (Wildman–Crippen MR) is 91.6 cm³/mol. The Morgan fingerprint density at radius 2 is 1.62 bits per heavy atom. The third-order valence-electron chi connectivity index (χ3n) is 4.73. The first kappa shape index (κ1) is 16.3. The van der Waals surface area contributed by atoms with Crippen LogP contribution in [-0.4, -0.2) is 44.8 Å². The Hall–Kier alpha value is -1.18. The van der Waals surface area contributed by atoms with Crippen LogP contribution in [0, 0.1) is 0 Å². The minimum absolute atomic E-state index is 0.259. The summed E-state index contributed by atoms with van der Waals surface area (Å²) < 4.78 is 39.1. The van der Waals surface area contributed by atoms with Gasteiger partial charge in [0.15, 0.2) is 5.79 Å². The fourth-order valence-electron chi connectivity index (χ4n) is 3.47. The second-order valence-corrected chi connectivity index (χ2v) is 8.42. The summed E-state index contributed by atoms with van der Waals surface area (Å²) in [5.74, 6) is -0.595. The number of rotatable bonds is 2. The van der Waals surface area contributed by atoms with Crippen molar-refractivity contribution in [2.45, 2.75) is 23.5 Å². The smallest absolute Gasteiger partial charge is 0.243 e. The number of hydrogen-bond acceptors (Lipinski definition) is 4. The topological polar surface area (TPSA) is 55.8 Å². The minimum Gasteiger partial charge on any atom is -0.347 e. The van der Waals surface area contributed by atoms with Gasteiger partial charge in [-0.05, 0) is 17.5 Å². The van der Waals surface area contributed by atoms with Gasteiger partial charge < -0.3 is 9.47 Å². The monoisotopic (exact) mass is 367 g/mol. The van der Waals surface area contributed by atoms with Crippen LogP contribution in [-0.2, 0) is 19.5 Å². The lowest BCUT2D eigenvalue weighted by Gasteiger charge is -2.37. The van der Waals surface area contributed by atoms with Gasteiger partial charge in [0.1, 0.15) is 0 Å². The molecule has 2 saturated heterocycles. The van der Waals surface area contributed by atoms with E-state index >= 15 is 0 Å². The lowest BCUT2D eigenvalue weighted by Crippen LogP contribution is -2.47. The number of fused-ring (bicyclic) bond motifs is 1. The number of halogens is 1. The van der Waals surface area contributed by atoms with Crippen LogP contribution in [0.1, 0.15) is 12.8 Å². The fraction of sp³-hybridized carbons (Fsp3) is 0.412. The Kier molecular flexibility index (Phi) is 4.05. The third-order valence-corrected chi connectivity index (χ3v) is 6.99. The Morgan fingerprint density at radius 1 is 1.00 bits per heavy atom. The molecule has 0 amide bonds. The largest absolute Gasteiger partial charge is 0.347 e. The van der Waals surface area contributed by atoms with Crippen LogP contribution in [0.5, 0.6) is 0 Å². The quantitative estimate of drug-likeness (QED) is 0.818. The average Bonchev–Trinajstić information content (AvgIpc) is 3.03. The SMILES string of the molecule is O=S(=O)(c1cccc2cccc(Cl)c12)N1CCC2(CC1)OCCO2. The highest BCUT2D eigenvalue weighted by atomic mass is 35.5. The molecule has 0 bridgehead atoms. The highest BCUT2D eigenvalue weighted by molar-refractivity contribution is 7.89. The molecule has 2 aliphatic rings. The van der Waals surface area contributed by atoms with Gasteiger partial charge in [-0.1, -0.05) is 35.9 Å². The number of nitrogens with zero attached hydrogens (tertiary/aromatic N) is 1. The summed E-state index contributed by atoms with van der Waals surface area (Å²) in [4.78, 5) is 0.259. The molecule has 0 saturated carbocycles. The first-order valence-electron chi connectivity index (χ1n) is 7.97. The van der Waals surface area contributed by atoms with E-state index in [0.717, 1.165) is 5.39 Å². The van der Waals surface area contributed by atoms with E-state index < -0.39 is 15.8 Å². The molecule has 2 heterocycles. The molecule has 2 fully saturated rings. The highest BCUT2D eigenvalue weighted by Gasteiger charge is 2.42. The van der Waals surface area contributed by atoms with Crippen molar-refractivity contribution in [1.82, 2.24) is 4.31 Å². The Balaban J connectivity index is 1.69. The van der Waals surface area contributed by atoms with Gasteiger partial charge >= 0.3 is 0 Å². The van der Waals surface area contributed by atoms with Crippen molar-refractivity contribution < 1.29 is 17.9 Å². The third kappa shape index (κ3) is 2.62. The van der Waals surface area contributed by atoms with Crippen LogP contribution < -0.4 is 0 Å². The van der Waals surface area contributed by atoms with Crippen LogP contribution in [0.3, 0.4) is 0 Å². The van der Waals surface area contributed by atoms with Gasteiger partial charge in [-0.3, -0.25) is 0 Å². The molecule has 5 nitrogen and oxygen atoms in total. The van der Waals surface area contributed by atoms with E-state index in [1.165, 1.54) is 4.31 Å². The minimum atomic E-state index is -3.62. The molecule has 0 atom stereocenters. The maximum atomic E-state index is 13.1. The molecule has 7 heteroatoms. The summed E-state index contributed by atoms with van der Waals surface area (Å²) in [5.41, 5.74) is 0. The van der Waals surface area contributed by atoms with E-state index in [9.17, 15) is 8.42 Å². The van der Waals surface area contributed by atoms with Crippen molar-refractivity contribution in [3.63, 3.8) is 0 Å². The Labute approximate surface area is 146 Å². The molecule has 1 spiro atoms.